The average molecular weight is 279 g/mol. The van der Waals surface area contributed by atoms with Gasteiger partial charge in [-0.1, -0.05) is 5.16 Å². The zero-order valence-electron chi connectivity index (χ0n) is 11.4. The molecule has 1 aliphatic carbocycles. The number of esters is 1. The number of amides is 1. The molecule has 0 N–H and O–H groups in total. The molecule has 20 heavy (non-hydrogen) atoms. The lowest BCUT2D eigenvalue weighted by Crippen LogP contribution is -2.37. The Kier molecular flexibility index (Phi) is 3.42. The van der Waals surface area contributed by atoms with Crippen LogP contribution in [0.1, 0.15) is 56.3 Å². The molecule has 2 heterocycles. The Morgan fingerprint density at radius 3 is 2.90 bits per heavy atom. The molecule has 0 aromatic carbocycles. The van der Waals surface area contributed by atoms with E-state index < -0.39 is 11.9 Å². The molecule has 1 unspecified atom stereocenters. The third-order valence-electron chi connectivity index (χ3n) is 3.65. The van der Waals surface area contributed by atoms with E-state index in [0.717, 1.165) is 31.5 Å². The van der Waals surface area contributed by atoms with E-state index in [-0.39, 0.29) is 12.6 Å². The molecule has 1 atom stereocenters. The van der Waals surface area contributed by atoms with E-state index in [9.17, 15) is 9.59 Å². The minimum Gasteiger partial charge on any atom is -0.459 e. The highest BCUT2D eigenvalue weighted by Crippen LogP contribution is 2.39. The van der Waals surface area contributed by atoms with Gasteiger partial charge < -0.3 is 14.2 Å². The van der Waals surface area contributed by atoms with Crippen LogP contribution in [0.15, 0.2) is 4.52 Å². The van der Waals surface area contributed by atoms with Crippen LogP contribution in [0, 0.1) is 0 Å². The summed E-state index contributed by atoms with van der Waals surface area (Å²) in [5.74, 6) is 0.113. The van der Waals surface area contributed by atoms with Crippen LogP contribution in [0.5, 0.6) is 0 Å². The van der Waals surface area contributed by atoms with Crippen molar-refractivity contribution in [3.63, 3.8) is 0 Å². The maximum absolute atomic E-state index is 12.0. The van der Waals surface area contributed by atoms with Gasteiger partial charge in [0.25, 0.3) is 0 Å². The third-order valence-corrected chi connectivity index (χ3v) is 3.65. The van der Waals surface area contributed by atoms with Crippen molar-refractivity contribution < 1.29 is 18.8 Å². The summed E-state index contributed by atoms with van der Waals surface area (Å²) in [6.07, 6.45) is 3.73. The number of ether oxygens (including phenoxy) is 1. The number of hydrogen-bond acceptors (Lipinski definition) is 6. The smallest absolute Gasteiger partial charge is 0.397 e. The van der Waals surface area contributed by atoms with Crippen LogP contribution in [-0.4, -0.2) is 40.1 Å². The topological polar surface area (TPSA) is 85.5 Å². The van der Waals surface area contributed by atoms with E-state index in [1.807, 2.05) is 0 Å². The molecule has 1 aliphatic heterocycles. The molecule has 1 amide bonds. The van der Waals surface area contributed by atoms with Crippen molar-refractivity contribution >= 4 is 11.9 Å². The Bertz CT molecular complexity index is 523. The van der Waals surface area contributed by atoms with Crippen molar-refractivity contribution in [2.75, 3.05) is 13.2 Å². The summed E-state index contributed by atoms with van der Waals surface area (Å²) < 4.78 is 10.0. The zero-order valence-corrected chi connectivity index (χ0v) is 11.4. The highest BCUT2D eigenvalue weighted by Gasteiger charge is 2.38. The summed E-state index contributed by atoms with van der Waals surface area (Å²) >= 11 is 0. The van der Waals surface area contributed by atoms with Crippen molar-refractivity contribution in [3.8, 4) is 0 Å². The van der Waals surface area contributed by atoms with Gasteiger partial charge >= 0.3 is 11.9 Å². The van der Waals surface area contributed by atoms with Crippen LogP contribution >= 0.6 is 0 Å². The minimum atomic E-state index is -0.818. The number of nitrogens with zero attached hydrogens (tertiary/aromatic N) is 3. The maximum Gasteiger partial charge on any atom is 0.397 e. The van der Waals surface area contributed by atoms with Gasteiger partial charge in [0, 0.05) is 12.5 Å². The molecular formula is C13H17N3O4. The first-order valence-corrected chi connectivity index (χ1v) is 7.02. The second kappa shape index (κ2) is 5.22. The van der Waals surface area contributed by atoms with Gasteiger partial charge in [-0.15, -0.1) is 0 Å². The number of rotatable bonds is 3. The van der Waals surface area contributed by atoms with Gasteiger partial charge in [0.1, 0.15) is 6.04 Å². The predicted octanol–water partition coefficient (Wildman–Crippen LogP) is 1.17. The Hall–Kier alpha value is -1.92. The highest BCUT2D eigenvalue weighted by atomic mass is 16.5. The summed E-state index contributed by atoms with van der Waals surface area (Å²) in [7, 11) is 0. The maximum atomic E-state index is 12.0. The van der Waals surface area contributed by atoms with E-state index in [1.165, 1.54) is 4.90 Å². The largest absolute Gasteiger partial charge is 0.459 e. The fourth-order valence-electron chi connectivity index (χ4n) is 2.47. The van der Waals surface area contributed by atoms with Gasteiger partial charge in [0.2, 0.25) is 5.89 Å². The zero-order chi connectivity index (χ0) is 14.1. The Balaban J connectivity index is 1.73. The molecule has 0 radical (unpaired) electrons. The number of carbonyl (C=O) groups is 2. The van der Waals surface area contributed by atoms with Gasteiger partial charge in [-0.3, -0.25) is 4.79 Å². The van der Waals surface area contributed by atoms with E-state index in [2.05, 4.69) is 10.1 Å². The quantitative estimate of drug-likeness (QED) is 0.610. The molecule has 1 saturated carbocycles. The number of carbonyl (C=O) groups excluding carboxylic acids is 2. The highest BCUT2D eigenvalue weighted by molar-refractivity contribution is 6.32. The van der Waals surface area contributed by atoms with Crippen molar-refractivity contribution in [1.29, 1.82) is 0 Å². The number of hydrogen-bond donors (Lipinski definition) is 0. The predicted molar refractivity (Wildman–Crippen MR) is 66.6 cm³/mol. The lowest BCUT2D eigenvalue weighted by Gasteiger charge is -2.20. The first-order valence-electron chi connectivity index (χ1n) is 7.02. The second-order valence-corrected chi connectivity index (χ2v) is 5.14. The molecule has 0 spiro atoms. The van der Waals surface area contributed by atoms with E-state index in [1.54, 1.807) is 6.92 Å². The SMILES string of the molecule is CCOC(=O)C(=O)N1CCCC1c1nc(C2CC2)no1. The molecule has 1 aromatic heterocycles. The van der Waals surface area contributed by atoms with Crippen LogP contribution in [0.25, 0.3) is 0 Å². The molecule has 0 bridgehead atoms. The van der Waals surface area contributed by atoms with Gasteiger partial charge in [0.05, 0.1) is 6.61 Å². The Morgan fingerprint density at radius 2 is 2.20 bits per heavy atom. The molecule has 108 valence electrons. The van der Waals surface area contributed by atoms with Crippen molar-refractivity contribution in [3.05, 3.63) is 11.7 Å². The van der Waals surface area contributed by atoms with Crippen LogP contribution in [0.3, 0.4) is 0 Å². The summed E-state index contributed by atoms with van der Waals surface area (Å²) in [5, 5.41) is 3.96. The standard InChI is InChI=1S/C13H17N3O4/c1-2-19-13(18)12(17)16-7-3-4-9(16)11-14-10(15-20-11)8-5-6-8/h8-9H,2-7H2,1H3. The van der Waals surface area contributed by atoms with Gasteiger partial charge in [-0.25, -0.2) is 4.79 Å². The summed E-state index contributed by atoms with van der Waals surface area (Å²) in [6.45, 7) is 2.38. The lowest BCUT2D eigenvalue weighted by atomic mass is 10.2. The fraction of sp³-hybridized carbons (Fsp3) is 0.692. The van der Waals surface area contributed by atoms with Crippen molar-refractivity contribution in [1.82, 2.24) is 15.0 Å². The molecule has 7 heteroatoms. The molecule has 3 rings (SSSR count). The number of aromatic nitrogens is 2. The van der Waals surface area contributed by atoms with Crippen LogP contribution in [0.2, 0.25) is 0 Å². The van der Waals surface area contributed by atoms with E-state index in [4.69, 9.17) is 9.26 Å². The second-order valence-electron chi connectivity index (χ2n) is 5.14. The van der Waals surface area contributed by atoms with Crippen LogP contribution in [-0.2, 0) is 14.3 Å². The molecule has 2 aliphatic rings. The first kappa shape index (κ1) is 13.1. The summed E-state index contributed by atoms with van der Waals surface area (Å²) in [4.78, 5) is 29.4. The monoisotopic (exact) mass is 279 g/mol. The third kappa shape index (κ3) is 2.39. The van der Waals surface area contributed by atoms with Crippen LogP contribution < -0.4 is 0 Å². The average Bonchev–Trinajstić information content (AvgIpc) is 3.00. The van der Waals surface area contributed by atoms with Crippen LogP contribution in [0.4, 0.5) is 0 Å². The van der Waals surface area contributed by atoms with Gasteiger partial charge in [0.15, 0.2) is 5.82 Å². The van der Waals surface area contributed by atoms with E-state index >= 15 is 0 Å². The van der Waals surface area contributed by atoms with Gasteiger partial charge in [-0.05, 0) is 32.6 Å². The summed E-state index contributed by atoms with van der Waals surface area (Å²) in [5.41, 5.74) is 0. The Morgan fingerprint density at radius 1 is 1.40 bits per heavy atom. The summed E-state index contributed by atoms with van der Waals surface area (Å²) in [6, 6.07) is -0.299. The first-order chi connectivity index (χ1) is 9.70. The molecule has 1 saturated heterocycles. The van der Waals surface area contributed by atoms with Crippen molar-refractivity contribution in [2.45, 2.75) is 44.6 Å². The molecule has 1 aromatic rings. The molecule has 2 fully saturated rings. The van der Waals surface area contributed by atoms with Crippen molar-refractivity contribution in [2.24, 2.45) is 0 Å². The normalized spacial score (nSPS) is 22.1. The van der Waals surface area contributed by atoms with E-state index in [0.29, 0.717) is 18.4 Å². The lowest BCUT2D eigenvalue weighted by molar-refractivity contribution is -0.160. The fourth-order valence-corrected chi connectivity index (χ4v) is 2.47. The number of likely N-dealkylation sites (tertiary alicyclic amines) is 1. The molecular weight excluding hydrogens is 262 g/mol. The van der Waals surface area contributed by atoms with Gasteiger partial charge in [-0.2, -0.15) is 4.98 Å². The molecule has 7 nitrogen and oxygen atoms in total. The Labute approximate surface area is 116 Å². The minimum absolute atomic E-state index is 0.190.